The Morgan fingerprint density at radius 1 is 0.762 bits per heavy atom. The molecule has 102 valence electrons. The van der Waals surface area contributed by atoms with Crippen LogP contribution in [0.1, 0.15) is 15.9 Å². The van der Waals surface area contributed by atoms with E-state index in [0.717, 1.165) is 5.75 Å². The standard InChI is InChI=1S/C17H12N2O2/c20-17(14-10-18-12-19-11-14)13-6-8-16(9-7-13)21-15-4-2-1-3-5-15/h1-12H. The van der Waals surface area contributed by atoms with Crippen LogP contribution >= 0.6 is 0 Å². The van der Waals surface area contributed by atoms with Crippen molar-refractivity contribution in [2.24, 2.45) is 0 Å². The first kappa shape index (κ1) is 13.0. The molecule has 0 bridgehead atoms. The predicted octanol–water partition coefficient (Wildman–Crippen LogP) is 3.50. The zero-order valence-corrected chi connectivity index (χ0v) is 11.1. The third-order valence-electron chi connectivity index (χ3n) is 2.92. The molecule has 0 aliphatic rings. The highest BCUT2D eigenvalue weighted by Gasteiger charge is 2.09. The molecular weight excluding hydrogens is 264 g/mol. The van der Waals surface area contributed by atoms with Crippen LogP contribution in [0.4, 0.5) is 0 Å². The zero-order valence-electron chi connectivity index (χ0n) is 11.1. The van der Waals surface area contributed by atoms with Crippen LogP contribution in [0.3, 0.4) is 0 Å². The summed E-state index contributed by atoms with van der Waals surface area (Å²) < 4.78 is 5.68. The fraction of sp³-hybridized carbons (Fsp3) is 0. The molecule has 2 aromatic carbocycles. The quantitative estimate of drug-likeness (QED) is 0.684. The van der Waals surface area contributed by atoms with Crippen molar-refractivity contribution < 1.29 is 9.53 Å². The van der Waals surface area contributed by atoms with Gasteiger partial charge < -0.3 is 4.74 Å². The molecule has 1 aromatic heterocycles. The lowest BCUT2D eigenvalue weighted by atomic mass is 10.1. The lowest BCUT2D eigenvalue weighted by Crippen LogP contribution is -2.02. The highest BCUT2D eigenvalue weighted by molar-refractivity contribution is 6.08. The topological polar surface area (TPSA) is 52.1 Å². The molecule has 0 saturated heterocycles. The number of nitrogens with zero attached hydrogens (tertiary/aromatic N) is 2. The molecule has 0 N–H and O–H groups in total. The van der Waals surface area contributed by atoms with Crippen molar-refractivity contribution in [2.75, 3.05) is 0 Å². The largest absolute Gasteiger partial charge is 0.457 e. The molecule has 0 aliphatic carbocycles. The molecule has 0 spiro atoms. The van der Waals surface area contributed by atoms with Gasteiger partial charge in [-0.25, -0.2) is 9.97 Å². The first-order chi connectivity index (χ1) is 10.3. The van der Waals surface area contributed by atoms with Gasteiger partial charge in [0, 0.05) is 18.0 Å². The molecule has 3 rings (SSSR count). The van der Waals surface area contributed by atoms with E-state index in [1.807, 2.05) is 30.3 Å². The minimum absolute atomic E-state index is 0.109. The lowest BCUT2D eigenvalue weighted by Gasteiger charge is -2.06. The van der Waals surface area contributed by atoms with Crippen molar-refractivity contribution in [3.63, 3.8) is 0 Å². The van der Waals surface area contributed by atoms with Gasteiger partial charge in [0.15, 0.2) is 5.78 Å². The van der Waals surface area contributed by atoms with Crippen LogP contribution in [-0.4, -0.2) is 15.8 Å². The van der Waals surface area contributed by atoms with Gasteiger partial charge in [0.05, 0.1) is 5.56 Å². The maximum atomic E-state index is 12.2. The minimum atomic E-state index is -0.109. The van der Waals surface area contributed by atoms with E-state index in [2.05, 4.69) is 9.97 Å². The number of benzene rings is 2. The number of carbonyl (C=O) groups is 1. The summed E-state index contributed by atoms with van der Waals surface area (Å²) in [7, 11) is 0. The van der Waals surface area contributed by atoms with Gasteiger partial charge in [-0.2, -0.15) is 0 Å². The van der Waals surface area contributed by atoms with Gasteiger partial charge in [-0.05, 0) is 36.4 Å². The first-order valence-corrected chi connectivity index (χ1v) is 6.45. The Kier molecular flexibility index (Phi) is 3.69. The van der Waals surface area contributed by atoms with Crippen LogP contribution < -0.4 is 4.74 Å². The van der Waals surface area contributed by atoms with Crippen molar-refractivity contribution in [1.29, 1.82) is 0 Å². The molecule has 1 heterocycles. The Morgan fingerprint density at radius 2 is 1.38 bits per heavy atom. The molecule has 0 atom stereocenters. The summed E-state index contributed by atoms with van der Waals surface area (Å²) in [5, 5.41) is 0. The number of rotatable bonds is 4. The van der Waals surface area contributed by atoms with E-state index < -0.39 is 0 Å². The normalized spacial score (nSPS) is 10.1. The van der Waals surface area contributed by atoms with E-state index in [4.69, 9.17) is 4.74 Å². The second-order valence-corrected chi connectivity index (χ2v) is 4.40. The summed E-state index contributed by atoms with van der Waals surface area (Å²) in [6, 6.07) is 16.5. The number of hydrogen-bond donors (Lipinski definition) is 0. The van der Waals surface area contributed by atoms with Crippen molar-refractivity contribution in [1.82, 2.24) is 9.97 Å². The van der Waals surface area contributed by atoms with E-state index in [-0.39, 0.29) is 5.78 Å². The fourth-order valence-electron chi connectivity index (χ4n) is 1.88. The van der Waals surface area contributed by atoms with Gasteiger partial charge in [-0.3, -0.25) is 4.79 Å². The van der Waals surface area contributed by atoms with E-state index in [9.17, 15) is 4.79 Å². The smallest absolute Gasteiger partial charge is 0.196 e. The molecular formula is C17H12N2O2. The average molecular weight is 276 g/mol. The molecule has 4 nitrogen and oxygen atoms in total. The Bertz CT molecular complexity index is 726. The number of para-hydroxylation sites is 1. The van der Waals surface area contributed by atoms with E-state index in [1.54, 1.807) is 24.3 Å². The van der Waals surface area contributed by atoms with E-state index in [1.165, 1.54) is 18.7 Å². The van der Waals surface area contributed by atoms with Gasteiger partial charge >= 0.3 is 0 Å². The second kappa shape index (κ2) is 5.96. The summed E-state index contributed by atoms with van der Waals surface area (Å²) in [4.78, 5) is 19.9. The highest BCUT2D eigenvalue weighted by Crippen LogP contribution is 2.21. The molecule has 0 saturated carbocycles. The van der Waals surface area contributed by atoms with E-state index >= 15 is 0 Å². The SMILES string of the molecule is O=C(c1ccc(Oc2ccccc2)cc1)c1cncnc1. The number of ether oxygens (including phenoxy) is 1. The summed E-state index contributed by atoms with van der Waals surface area (Å²) >= 11 is 0. The fourth-order valence-corrected chi connectivity index (χ4v) is 1.88. The Labute approximate surface area is 122 Å². The van der Waals surface area contributed by atoms with Gasteiger partial charge in [-0.1, -0.05) is 18.2 Å². The maximum absolute atomic E-state index is 12.2. The summed E-state index contributed by atoms with van der Waals surface area (Å²) in [6.45, 7) is 0. The Hall–Kier alpha value is -3.01. The maximum Gasteiger partial charge on any atom is 0.196 e. The molecule has 0 aliphatic heterocycles. The Morgan fingerprint density at radius 3 is 2.05 bits per heavy atom. The second-order valence-electron chi connectivity index (χ2n) is 4.40. The van der Waals surface area contributed by atoms with Gasteiger partial charge in [0.2, 0.25) is 0 Å². The molecule has 0 fully saturated rings. The van der Waals surface area contributed by atoms with Crippen molar-refractivity contribution >= 4 is 5.78 Å². The summed E-state index contributed by atoms with van der Waals surface area (Å²) in [5.41, 5.74) is 1.04. The van der Waals surface area contributed by atoms with Crippen LogP contribution in [0, 0.1) is 0 Å². The van der Waals surface area contributed by atoms with Crippen LogP contribution in [0.25, 0.3) is 0 Å². The number of hydrogen-bond acceptors (Lipinski definition) is 4. The molecule has 21 heavy (non-hydrogen) atoms. The van der Waals surface area contributed by atoms with Crippen molar-refractivity contribution in [2.45, 2.75) is 0 Å². The van der Waals surface area contributed by atoms with Gasteiger partial charge in [0.1, 0.15) is 17.8 Å². The monoisotopic (exact) mass is 276 g/mol. The third-order valence-corrected chi connectivity index (χ3v) is 2.92. The molecule has 0 unspecified atom stereocenters. The number of aromatic nitrogens is 2. The third kappa shape index (κ3) is 3.12. The van der Waals surface area contributed by atoms with Crippen molar-refractivity contribution in [3.8, 4) is 11.5 Å². The van der Waals surface area contributed by atoms with Crippen LogP contribution in [-0.2, 0) is 0 Å². The molecule has 0 amide bonds. The van der Waals surface area contributed by atoms with Crippen molar-refractivity contribution in [3.05, 3.63) is 84.4 Å². The molecule has 4 heteroatoms. The lowest BCUT2D eigenvalue weighted by molar-refractivity contribution is 0.103. The number of ketones is 1. The first-order valence-electron chi connectivity index (χ1n) is 6.45. The predicted molar refractivity (Wildman–Crippen MR) is 78.4 cm³/mol. The minimum Gasteiger partial charge on any atom is -0.457 e. The van der Waals surface area contributed by atoms with Gasteiger partial charge in [0.25, 0.3) is 0 Å². The number of carbonyl (C=O) groups excluding carboxylic acids is 1. The molecule has 3 aromatic rings. The molecule has 0 radical (unpaired) electrons. The van der Waals surface area contributed by atoms with Gasteiger partial charge in [-0.15, -0.1) is 0 Å². The zero-order chi connectivity index (χ0) is 14.5. The summed E-state index contributed by atoms with van der Waals surface area (Å²) in [5.74, 6) is 1.33. The Balaban J connectivity index is 1.77. The van der Waals surface area contributed by atoms with Crippen LogP contribution in [0.2, 0.25) is 0 Å². The average Bonchev–Trinajstić information content (AvgIpc) is 2.57. The van der Waals surface area contributed by atoms with E-state index in [0.29, 0.717) is 16.9 Å². The highest BCUT2D eigenvalue weighted by atomic mass is 16.5. The van der Waals surface area contributed by atoms with Crippen LogP contribution in [0.15, 0.2) is 73.3 Å². The summed E-state index contributed by atoms with van der Waals surface area (Å²) in [6.07, 6.45) is 4.40. The van der Waals surface area contributed by atoms with Crippen LogP contribution in [0.5, 0.6) is 11.5 Å².